The predicted octanol–water partition coefficient (Wildman–Crippen LogP) is 5.44. The minimum Gasteiger partial charge on any atom is -0.339 e. The number of aryl methyl sites for hydroxylation is 2. The lowest BCUT2D eigenvalue weighted by atomic mass is 10.1. The molecule has 0 spiro atoms. The molecule has 4 nitrogen and oxygen atoms in total. The average molecular weight is 397 g/mol. The monoisotopic (exact) mass is 397 g/mol. The Morgan fingerprint density at radius 2 is 1.93 bits per heavy atom. The van der Waals surface area contributed by atoms with Crippen LogP contribution in [0.15, 0.2) is 41.8 Å². The summed E-state index contributed by atoms with van der Waals surface area (Å²) in [5, 5.41) is 5.25. The van der Waals surface area contributed by atoms with E-state index in [1.807, 2.05) is 41.8 Å². The number of fused-ring (bicyclic) bond motifs is 1. The number of hydrogen-bond acceptors (Lipinski definition) is 4. The Hall–Kier alpha value is -3.06. The Morgan fingerprint density at radius 1 is 1.18 bits per heavy atom. The molecule has 0 fully saturated rings. The van der Waals surface area contributed by atoms with Gasteiger partial charge in [0.25, 0.3) is 0 Å². The SMILES string of the molecule is Cc1cccc(C)c1Nc1c(-c2ccc(F)cc2F)nc2scc(CC=O)n12. The van der Waals surface area contributed by atoms with Crippen molar-refractivity contribution in [2.24, 2.45) is 0 Å². The van der Waals surface area contributed by atoms with E-state index in [4.69, 9.17) is 0 Å². The van der Waals surface area contributed by atoms with Gasteiger partial charge in [0.2, 0.25) is 0 Å². The highest BCUT2D eigenvalue weighted by atomic mass is 32.1. The molecule has 0 unspecified atom stereocenters. The van der Waals surface area contributed by atoms with Gasteiger partial charge in [0.15, 0.2) is 4.96 Å². The van der Waals surface area contributed by atoms with E-state index in [2.05, 4.69) is 10.3 Å². The van der Waals surface area contributed by atoms with E-state index >= 15 is 0 Å². The molecule has 0 bridgehead atoms. The second-order valence-corrected chi connectivity index (χ2v) is 7.38. The first-order chi connectivity index (χ1) is 13.5. The van der Waals surface area contributed by atoms with Gasteiger partial charge in [-0.25, -0.2) is 13.8 Å². The Balaban J connectivity index is 1.97. The first-order valence-corrected chi connectivity index (χ1v) is 9.58. The summed E-state index contributed by atoms with van der Waals surface area (Å²) in [6.45, 7) is 3.96. The van der Waals surface area contributed by atoms with Gasteiger partial charge in [-0.2, -0.15) is 0 Å². The number of nitrogens with zero attached hydrogens (tertiary/aromatic N) is 2. The quantitative estimate of drug-likeness (QED) is 0.456. The third-order valence-electron chi connectivity index (χ3n) is 4.64. The molecular formula is C21H17F2N3OS. The van der Waals surface area contributed by atoms with Crippen LogP contribution in [0.1, 0.15) is 16.8 Å². The Labute approximate surface area is 164 Å². The van der Waals surface area contributed by atoms with Crippen LogP contribution in [0.3, 0.4) is 0 Å². The average Bonchev–Trinajstić information content (AvgIpc) is 3.19. The molecule has 0 atom stereocenters. The van der Waals surface area contributed by atoms with Crippen LogP contribution in [0.2, 0.25) is 0 Å². The fourth-order valence-electron chi connectivity index (χ4n) is 3.26. The Bertz CT molecular complexity index is 1180. The molecular weight excluding hydrogens is 380 g/mol. The van der Waals surface area contributed by atoms with Crippen molar-refractivity contribution in [2.75, 3.05) is 5.32 Å². The number of carbonyl (C=O) groups excluding carboxylic acids is 1. The largest absolute Gasteiger partial charge is 0.339 e. The molecule has 0 aliphatic carbocycles. The van der Waals surface area contributed by atoms with E-state index in [0.717, 1.165) is 34.9 Å². The predicted molar refractivity (Wildman–Crippen MR) is 107 cm³/mol. The number of nitrogens with one attached hydrogen (secondary N) is 1. The second-order valence-electron chi connectivity index (χ2n) is 6.54. The van der Waals surface area contributed by atoms with Crippen LogP contribution in [0, 0.1) is 25.5 Å². The zero-order valence-electron chi connectivity index (χ0n) is 15.3. The maximum atomic E-state index is 14.5. The fourth-order valence-corrected chi connectivity index (χ4v) is 4.16. The van der Waals surface area contributed by atoms with Gasteiger partial charge in [0.05, 0.1) is 0 Å². The minimum absolute atomic E-state index is 0.197. The number of para-hydroxylation sites is 1. The Morgan fingerprint density at radius 3 is 2.61 bits per heavy atom. The van der Waals surface area contributed by atoms with Crippen LogP contribution in [0.25, 0.3) is 16.2 Å². The first kappa shape index (κ1) is 18.3. The Kier molecular flexibility index (Phi) is 4.68. The summed E-state index contributed by atoms with van der Waals surface area (Å²) in [7, 11) is 0. The topological polar surface area (TPSA) is 46.4 Å². The normalized spacial score (nSPS) is 11.1. The molecule has 0 amide bonds. The molecule has 0 aliphatic heterocycles. The standard InChI is InChI=1S/C21H17F2N3OS/c1-12-4-3-5-13(2)18(12)24-20-19(16-7-6-14(22)10-17(16)23)25-21-26(20)15(8-9-27)11-28-21/h3-7,9-11,24H,8H2,1-2H3. The summed E-state index contributed by atoms with van der Waals surface area (Å²) in [6, 6.07) is 9.35. The minimum atomic E-state index is -0.688. The van der Waals surface area contributed by atoms with Crippen LogP contribution in [-0.2, 0) is 11.2 Å². The maximum Gasteiger partial charge on any atom is 0.196 e. The molecule has 1 N–H and O–H groups in total. The first-order valence-electron chi connectivity index (χ1n) is 8.70. The van der Waals surface area contributed by atoms with Gasteiger partial charge in [0.1, 0.15) is 29.4 Å². The molecule has 2 heterocycles. The van der Waals surface area contributed by atoms with E-state index in [1.165, 1.54) is 23.5 Å². The fraction of sp³-hybridized carbons (Fsp3) is 0.143. The van der Waals surface area contributed by atoms with Crippen molar-refractivity contribution in [1.82, 2.24) is 9.38 Å². The molecule has 142 valence electrons. The molecule has 2 aromatic heterocycles. The molecule has 0 saturated heterocycles. The lowest BCUT2D eigenvalue weighted by molar-refractivity contribution is -0.107. The highest BCUT2D eigenvalue weighted by Crippen LogP contribution is 2.37. The van der Waals surface area contributed by atoms with Crippen LogP contribution in [-0.4, -0.2) is 15.7 Å². The van der Waals surface area contributed by atoms with Gasteiger partial charge in [-0.15, -0.1) is 11.3 Å². The maximum absolute atomic E-state index is 14.5. The highest BCUT2D eigenvalue weighted by molar-refractivity contribution is 7.15. The third kappa shape index (κ3) is 3.07. The number of aldehydes is 1. The van der Waals surface area contributed by atoms with Crippen LogP contribution < -0.4 is 5.32 Å². The van der Waals surface area contributed by atoms with E-state index < -0.39 is 11.6 Å². The number of anilines is 2. The van der Waals surface area contributed by atoms with Gasteiger partial charge in [0, 0.05) is 34.8 Å². The smallest absolute Gasteiger partial charge is 0.196 e. The van der Waals surface area contributed by atoms with Crippen LogP contribution in [0.4, 0.5) is 20.3 Å². The molecule has 28 heavy (non-hydrogen) atoms. The molecule has 0 saturated carbocycles. The number of thiazole rings is 1. The lowest BCUT2D eigenvalue weighted by Gasteiger charge is -2.14. The van der Waals surface area contributed by atoms with Crippen molar-refractivity contribution in [2.45, 2.75) is 20.3 Å². The number of benzene rings is 2. The van der Waals surface area contributed by atoms with Crippen LogP contribution >= 0.6 is 11.3 Å². The summed E-state index contributed by atoms with van der Waals surface area (Å²) in [6.07, 6.45) is 1.03. The number of halogens is 2. The summed E-state index contributed by atoms with van der Waals surface area (Å²) in [5.74, 6) is -0.781. The number of aromatic nitrogens is 2. The summed E-state index contributed by atoms with van der Waals surface area (Å²) in [5.41, 5.74) is 4.25. The molecule has 7 heteroatoms. The van der Waals surface area contributed by atoms with Crippen molar-refractivity contribution in [3.63, 3.8) is 0 Å². The van der Waals surface area contributed by atoms with E-state index in [-0.39, 0.29) is 12.0 Å². The third-order valence-corrected chi connectivity index (χ3v) is 5.51. The summed E-state index contributed by atoms with van der Waals surface area (Å²) < 4.78 is 29.8. The van der Waals surface area contributed by atoms with Gasteiger partial charge < -0.3 is 10.1 Å². The molecule has 4 rings (SSSR count). The van der Waals surface area contributed by atoms with Gasteiger partial charge in [-0.3, -0.25) is 4.40 Å². The van der Waals surface area contributed by atoms with Gasteiger partial charge in [-0.05, 0) is 37.1 Å². The van der Waals surface area contributed by atoms with E-state index in [9.17, 15) is 13.6 Å². The zero-order valence-corrected chi connectivity index (χ0v) is 16.1. The number of imidazole rings is 1. The summed E-state index contributed by atoms with van der Waals surface area (Å²) >= 11 is 1.37. The number of rotatable bonds is 5. The molecule has 0 aliphatic rings. The summed E-state index contributed by atoms with van der Waals surface area (Å²) in [4.78, 5) is 16.3. The highest BCUT2D eigenvalue weighted by Gasteiger charge is 2.21. The second kappa shape index (κ2) is 7.16. The van der Waals surface area contributed by atoms with E-state index in [1.54, 1.807) is 0 Å². The molecule has 4 aromatic rings. The van der Waals surface area contributed by atoms with Gasteiger partial charge in [-0.1, -0.05) is 18.2 Å². The number of carbonyl (C=O) groups is 1. The van der Waals surface area contributed by atoms with Crippen molar-refractivity contribution in [3.05, 3.63) is 70.2 Å². The van der Waals surface area contributed by atoms with Crippen molar-refractivity contribution < 1.29 is 13.6 Å². The molecule has 2 aromatic carbocycles. The number of hydrogen-bond donors (Lipinski definition) is 1. The van der Waals surface area contributed by atoms with Crippen LogP contribution in [0.5, 0.6) is 0 Å². The van der Waals surface area contributed by atoms with Crippen molar-refractivity contribution in [3.8, 4) is 11.3 Å². The zero-order chi connectivity index (χ0) is 19.8. The van der Waals surface area contributed by atoms with Gasteiger partial charge >= 0.3 is 0 Å². The van der Waals surface area contributed by atoms with Crippen molar-refractivity contribution >= 4 is 34.1 Å². The molecule has 0 radical (unpaired) electrons. The van der Waals surface area contributed by atoms with Crippen molar-refractivity contribution in [1.29, 1.82) is 0 Å². The lowest BCUT2D eigenvalue weighted by Crippen LogP contribution is -2.03. The van der Waals surface area contributed by atoms with E-state index in [0.29, 0.717) is 16.5 Å².